The van der Waals surface area contributed by atoms with Gasteiger partial charge in [0.25, 0.3) is 0 Å². The van der Waals surface area contributed by atoms with Crippen LogP contribution in [0.4, 0.5) is 0 Å². The van der Waals surface area contributed by atoms with Crippen molar-refractivity contribution >= 4 is 54.9 Å². The summed E-state index contributed by atoms with van der Waals surface area (Å²) in [5.74, 6) is 0.526. The van der Waals surface area contributed by atoms with Crippen molar-refractivity contribution < 1.29 is 9.59 Å². The lowest BCUT2D eigenvalue weighted by Gasteiger charge is -2.16. The molecule has 0 saturated carbocycles. The van der Waals surface area contributed by atoms with E-state index in [2.05, 4.69) is 71.3 Å². The number of fused-ring (bicyclic) bond motifs is 2. The van der Waals surface area contributed by atoms with Crippen LogP contribution in [0.15, 0.2) is 84.9 Å². The van der Waals surface area contributed by atoms with Crippen molar-refractivity contribution in [2.24, 2.45) is 0 Å². The Bertz CT molecular complexity index is 1210. The van der Waals surface area contributed by atoms with Crippen molar-refractivity contribution in [3.63, 3.8) is 0 Å². The molecule has 4 aromatic carbocycles. The second-order valence-corrected chi connectivity index (χ2v) is 10.8. The summed E-state index contributed by atoms with van der Waals surface area (Å²) in [7, 11) is 2.80. The highest BCUT2D eigenvalue weighted by Gasteiger charge is 2.13. The number of carbonyl (C=O) groups is 2. The minimum absolute atomic E-state index is 0.0388. The molecule has 0 spiro atoms. The summed E-state index contributed by atoms with van der Waals surface area (Å²) >= 11 is 0. The van der Waals surface area contributed by atoms with Gasteiger partial charge in [0.15, 0.2) is 0 Å². The molecule has 2 N–H and O–H groups in total. The Morgan fingerprint density at radius 3 is 1.41 bits per heavy atom. The first-order valence-electron chi connectivity index (χ1n) is 11.3. The van der Waals surface area contributed by atoms with Crippen LogP contribution in [0.3, 0.4) is 0 Å². The lowest BCUT2D eigenvalue weighted by molar-refractivity contribution is -0.120. The van der Waals surface area contributed by atoms with E-state index in [9.17, 15) is 9.59 Å². The average Bonchev–Trinajstić information content (AvgIpc) is 2.86. The summed E-state index contributed by atoms with van der Waals surface area (Å²) in [5.41, 5.74) is 2.15. The number of nitrogens with one attached hydrogen (secondary N) is 2. The van der Waals surface area contributed by atoms with Crippen molar-refractivity contribution in [1.82, 2.24) is 10.6 Å². The Kier molecular flexibility index (Phi) is 8.14. The van der Waals surface area contributed by atoms with Gasteiger partial charge in [0.2, 0.25) is 11.8 Å². The van der Waals surface area contributed by atoms with Crippen LogP contribution in [0, 0.1) is 0 Å². The van der Waals surface area contributed by atoms with Crippen molar-refractivity contribution in [2.75, 3.05) is 11.5 Å². The molecule has 0 aliphatic carbocycles. The molecule has 2 unspecified atom stereocenters. The monoisotopic (exact) mass is 488 g/mol. The lowest BCUT2D eigenvalue weighted by Crippen LogP contribution is -2.29. The summed E-state index contributed by atoms with van der Waals surface area (Å²) < 4.78 is 0. The highest BCUT2D eigenvalue weighted by Crippen LogP contribution is 2.24. The van der Waals surface area contributed by atoms with Crippen LogP contribution in [-0.2, 0) is 9.59 Å². The van der Waals surface area contributed by atoms with E-state index in [1.54, 1.807) is 0 Å². The molecule has 34 heavy (non-hydrogen) atoms. The van der Waals surface area contributed by atoms with Crippen LogP contribution in [0.5, 0.6) is 0 Å². The summed E-state index contributed by atoms with van der Waals surface area (Å²) in [4.78, 5) is 24.7. The Balaban J connectivity index is 1.18. The zero-order chi connectivity index (χ0) is 23.9. The van der Waals surface area contributed by atoms with Gasteiger partial charge >= 0.3 is 0 Å². The molecule has 0 bridgehead atoms. The van der Waals surface area contributed by atoms with E-state index in [1.165, 1.54) is 32.4 Å². The van der Waals surface area contributed by atoms with E-state index in [-0.39, 0.29) is 23.9 Å². The smallest absolute Gasteiger partial charge is 0.231 e. The van der Waals surface area contributed by atoms with Gasteiger partial charge in [-0.1, -0.05) is 94.4 Å². The van der Waals surface area contributed by atoms with E-state index < -0.39 is 0 Å². The fraction of sp³-hybridized carbons (Fsp3) is 0.214. The number of hydrogen-bond acceptors (Lipinski definition) is 4. The normalized spacial score (nSPS) is 12.9. The van der Waals surface area contributed by atoms with Crippen molar-refractivity contribution in [3.05, 3.63) is 96.1 Å². The van der Waals surface area contributed by atoms with Gasteiger partial charge in [-0.3, -0.25) is 9.59 Å². The first-order valence-corrected chi connectivity index (χ1v) is 13.8. The maximum Gasteiger partial charge on any atom is 0.231 e. The zero-order valence-electron chi connectivity index (χ0n) is 19.3. The molecule has 0 aromatic heterocycles. The topological polar surface area (TPSA) is 58.2 Å². The highest BCUT2D eigenvalue weighted by molar-refractivity contribution is 8.77. The number of amides is 2. The van der Waals surface area contributed by atoms with Gasteiger partial charge in [-0.15, -0.1) is 0 Å². The van der Waals surface area contributed by atoms with E-state index in [1.807, 2.05) is 38.1 Å². The third-order valence-corrected chi connectivity index (χ3v) is 7.90. The van der Waals surface area contributed by atoms with Gasteiger partial charge in [0.1, 0.15) is 0 Å². The molecule has 0 fully saturated rings. The maximum absolute atomic E-state index is 12.4. The fourth-order valence-corrected chi connectivity index (χ4v) is 5.57. The van der Waals surface area contributed by atoms with E-state index >= 15 is 0 Å². The zero-order valence-corrected chi connectivity index (χ0v) is 20.9. The predicted octanol–water partition coefficient (Wildman–Crippen LogP) is 6.43. The van der Waals surface area contributed by atoms with Gasteiger partial charge in [0, 0.05) is 0 Å². The third kappa shape index (κ3) is 6.33. The number of hydrogen-bond donors (Lipinski definition) is 2. The molecule has 0 aliphatic rings. The van der Waals surface area contributed by atoms with Crippen molar-refractivity contribution in [2.45, 2.75) is 25.9 Å². The quantitative estimate of drug-likeness (QED) is 0.211. The highest BCUT2D eigenvalue weighted by atomic mass is 33.1. The van der Waals surface area contributed by atoms with Gasteiger partial charge in [0.05, 0.1) is 23.6 Å². The standard InChI is InChI=1S/C28H28N2O2S2/c1-19(23-13-11-21-7-3-5-9-25(21)15-23)29-27(31)17-33-34-18-28(32)30-20(2)24-14-12-22-8-4-6-10-26(22)16-24/h3-16,19-20H,17-18H2,1-2H3,(H,29,31)(H,30,32). The molecular weight excluding hydrogens is 460 g/mol. The maximum atomic E-state index is 12.4. The summed E-state index contributed by atoms with van der Waals surface area (Å²) in [6, 6.07) is 28.7. The van der Waals surface area contributed by atoms with E-state index in [0.717, 1.165) is 21.9 Å². The Labute approximate surface area is 208 Å². The molecule has 2 atom stereocenters. The Hall–Kier alpha value is -2.96. The van der Waals surface area contributed by atoms with E-state index in [4.69, 9.17) is 0 Å². The lowest BCUT2D eigenvalue weighted by atomic mass is 10.0. The molecule has 0 heterocycles. The SMILES string of the molecule is CC(NC(=O)CSSCC(=O)NC(C)c1ccc2ccccc2c1)c1ccc2ccccc2c1. The average molecular weight is 489 g/mol. The second kappa shape index (κ2) is 11.4. The first-order chi connectivity index (χ1) is 16.5. The fourth-order valence-electron chi connectivity index (χ4n) is 3.88. The summed E-state index contributed by atoms with van der Waals surface area (Å²) in [6.07, 6.45) is 0. The van der Waals surface area contributed by atoms with Gasteiger partial charge in [-0.2, -0.15) is 0 Å². The van der Waals surface area contributed by atoms with Crippen LogP contribution >= 0.6 is 21.6 Å². The third-order valence-electron chi connectivity index (χ3n) is 5.77. The minimum Gasteiger partial charge on any atom is -0.349 e. The van der Waals surface area contributed by atoms with Crippen LogP contribution in [0.1, 0.15) is 37.1 Å². The molecule has 6 heteroatoms. The summed E-state index contributed by atoms with van der Waals surface area (Å²) in [6.45, 7) is 3.98. The minimum atomic E-state index is -0.0752. The summed E-state index contributed by atoms with van der Waals surface area (Å²) in [5, 5.41) is 10.8. The molecule has 4 nitrogen and oxygen atoms in total. The Morgan fingerprint density at radius 2 is 1.00 bits per heavy atom. The molecule has 4 aromatic rings. The van der Waals surface area contributed by atoms with Crippen LogP contribution in [0.2, 0.25) is 0 Å². The van der Waals surface area contributed by atoms with Crippen molar-refractivity contribution in [3.8, 4) is 0 Å². The Morgan fingerprint density at radius 1 is 0.618 bits per heavy atom. The van der Waals surface area contributed by atoms with E-state index in [0.29, 0.717) is 11.5 Å². The number of benzene rings is 4. The molecule has 4 rings (SSSR count). The largest absolute Gasteiger partial charge is 0.349 e. The van der Waals surface area contributed by atoms with Gasteiger partial charge in [-0.05, 0) is 58.7 Å². The van der Waals surface area contributed by atoms with Crippen LogP contribution in [-0.4, -0.2) is 23.3 Å². The number of carbonyl (C=O) groups excluding carboxylic acids is 2. The van der Waals surface area contributed by atoms with Crippen LogP contribution < -0.4 is 10.6 Å². The van der Waals surface area contributed by atoms with Gasteiger partial charge in [-0.25, -0.2) is 0 Å². The molecule has 0 aliphatic heterocycles. The second-order valence-electron chi connectivity index (χ2n) is 8.32. The molecule has 0 saturated heterocycles. The first kappa shape index (κ1) is 24.2. The molecule has 2 amide bonds. The molecular formula is C28H28N2O2S2. The predicted molar refractivity (Wildman–Crippen MR) is 146 cm³/mol. The number of rotatable bonds is 9. The van der Waals surface area contributed by atoms with Gasteiger partial charge < -0.3 is 10.6 Å². The molecule has 174 valence electrons. The molecule has 0 radical (unpaired) electrons. The van der Waals surface area contributed by atoms with Crippen molar-refractivity contribution in [1.29, 1.82) is 0 Å². The van der Waals surface area contributed by atoms with Crippen LogP contribution in [0.25, 0.3) is 21.5 Å².